The van der Waals surface area contributed by atoms with Crippen molar-refractivity contribution in [3.63, 3.8) is 0 Å². The van der Waals surface area contributed by atoms with E-state index in [-0.39, 0.29) is 5.84 Å². The van der Waals surface area contributed by atoms with Crippen molar-refractivity contribution in [3.05, 3.63) is 36.6 Å². The summed E-state index contributed by atoms with van der Waals surface area (Å²) in [5.74, 6) is 0.267. The zero-order valence-corrected chi connectivity index (χ0v) is 8.07. The molecule has 0 aliphatic rings. The van der Waals surface area contributed by atoms with Crippen molar-refractivity contribution in [1.29, 1.82) is 5.41 Å². The van der Waals surface area contributed by atoms with Crippen LogP contribution in [-0.2, 0) is 0 Å². The molecule has 0 aromatic carbocycles. The van der Waals surface area contributed by atoms with Gasteiger partial charge in [-0.25, -0.2) is 9.97 Å². The molecule has 0 aliphatic heterocycles. The maximum absolute atomic E-state index is 7.79. The molecule has 0 unspecified atom stereocenters. The van der Waals surface area contributed by atoms with Crippen LogP contribution in [0.25, 0.3) is 0 Å². The Labute approximate surface area is 82.8 Å². The predicted octanol–water partition coefficient (Wildman–Crippen LogP) is 0.206. The van der Waals surface area contributed by atoms with E-state index in [2.05, 4.69) is 16.5 Å². The molecule has 1 aromatic rings. The average Bonchev–Trinajstić information content (AvgIpc) is 2.27. The van der Waals surface area contributed by atoms with Gasteiger partial charge in [-0.1, -0.05) is 6.58 Å². The van der Waals surface area contributed by atoms with E-state index in [4.69, 9.17) is 11.1 Å². The van der Waals surface area contributed by atoms with Crippen LogP contribution in [0.1, 0.15) is 5.69 Å². The highest BCUT2D eigenvalue weighted by Crippen LogP contribution is 2.02. The lowest BCUT2D eigenvalue weighted by Crippen LogP contribution is -2.29. The van der Waals surface area contributed by atoms with Crippen LogP contribution in [0, 0.1) is 5.41 Å². The van der Waals surface area contributed by atoms with E-state index in [0.717, 1.165) is 0 Å². The Kier molecular flexibility index (Phi) is 3.30. The fourth-order valence-corrected chi connectivity index (χ4v) is 0.898. The molecule has 74 valence electrons. The molecule has 0 saturated heterocycles. The lowest BCUT2D eigenvalue weighted by Gasteiger charge is -2.20. The Morgan fingerprint density at radius 1 is 1.71 bits per heavy atom. The van der Waals surface area contributed by atoms with Crippen LogP contribution < -0.4 is 5.73 Å². The topological polar surface area (TPSA) is 78.9 Å². The molecule has 3 N–H and O–H groups in total. The zero-order valence-electron chi connectivity index (χ0n) is 8.07. The zero-order chi connectivity index (χ0) is 10.6. The van der Waals surface area contributed by atoms with Gasteiger partial charge in [0.1, 0.15) is 12.0 Å². The third-order valence-electron chi connectivity index (χ3n) is 1.87. The van der Waals surface area contributed by atoms with Gasteiger partial charge in [-0.05, 0) is 6.07 Å². The molecule has 0 bridgehead atoms. The lowest BCUT2D eigenvalue weighted by atomic mass is 10.3. The number of amidine groups is 1. The molecule has 1 heterocycles. The van der Waals surface area contributed by atoms with E-state index in [0.29, 0.717) is 17.9 Å². The van der Waals surface area contributed by atoms with Gasteiger partial charge in [-0.2, -0.15) is 0 Å². The van der Waals surface area contributed by atoms with Crippen LogP contribution in [0.2, 0.25) is 0 Å². The molecular formula is C9H13N5. The minimum atomic E-state index is 0.267. The summed E-state index contributed by atoms with van der Waals surface area (Å²) in [6, 6.07) is 1.67. The number of nitrogens with two attached hydrogens (primary N) is 1. The largest absolute Gasteiger partial charge is 0.331 e. The standard InChI is InChI=1S/C9H13N5/c1-7(5-10)14(2)9(11)8-3-4-12-6-13-8/h3-4,6,11H,1,5,10H2,2H3. The maximum atomic E-state index is 7.79. The summed E-state index contributed by atoms with van der Waals surface area (Å²) in [4.78, 5) is 9.34. The van der Waals surface area contributed by atoms with Crippen molar-refractivity contribution in [2.24, 2.45) is 5.73 Å². The molecule has 0 amide bonds. The first-order valence-electron chi connectivity index (χ1n) is 4.13. The summed E-state index contributed by atoms with van der Waals surface area (Å²) in [5.41, 5.74) is 6.65. The van der Waals surface area contributed by atoms with Crippen molar-refractivity contribution in [2.45, 2.75) is 0 Å². The van der Waals surface area contributed by atoms with Crippen LogP contribution in [-0.4, -0.2) is 34.3 Å². The van der Waals surface area contributed by atoms with Crippen LogP contribution in [0.15, 0.2) is 30.9 Å². The maximum Gasteiger partial charge on any atom is 0.151 e. The number of hydrogen-bond donors (Lipinski definition) is 2. The van der Waals surface area contributed by atoms with Gasteiger partial charge < -0.3 is 10.6 Å². The second kappa shape index (κ2) is 4.48. The molecule has 14 heavy (non-hydrogen) atoms. The summed E-state index contributed by atoms with van der Waals surface area (Å²) in [5, 5.41) is 7.79. The number of likely N-dealkylation sites (N-methyl/N-ethyl adjacent to an activating group) is 1. The van der Waals surface area contributed by atoms with Crippen molar-refractivity contribution < 1.29 is 0 Å². The summed E-state index contributed by atoms with van der Waals surface area (Å²) >= 11 is 0. The summed E-state index contributed by atoms with van der Waals surface area (Å²) < 4.78 is 0. The minimum absolute atomic E-state index is 0.267. The van der Waals surface area contributed by atoms with E-state index >= 15 is 0 Å². The highest BCUT2D eigenvalue weighted by atomic mass is 15.2. The van der Waals surface area contributed by atoms with Crippen molar-refractivity contribution in [3.8, 4) is 0 Å². The van der Waals surface area contributed by atoms with Gasteiger partial charge in [0.05, 0.1) is 0 Å². The first kappa shape index (κ1) is 10.3. The molecule has 5 nitrogen and oxygen atoms in total. The van der Waals surface area contributed by atoms with E-state index in [1.165, 1.54) is 6.33 Å². The number of aromatic nitrogens is 2. The van der Waals surface area contributed by atoms with Gasteiger partial charge >= 0.3 is 0 Å². The third-order valence-corrected chi connectivity index (χ3v) is 1.87. The molecule has 0 aliphatic carbocycles. The highest BCUT2D eigenvalue weighted by Gasteiger charge is 2.09. The van der Waals surface area contributed by atoms with Gasteiger partial charge in [0.25, 0.3) is 0 Å². The van der Waals surface area contributed by atoms with Crippen LogP contribution in [0.5, 0.6) is 0 Å². The molecule has 0 radical (unpaired) electrons. The molecule has 1 aromatic heterocycles. The molecule has 5 heteroatoms. The Hall–Kier alpha value is -1.75. The SMILES string of the molecule is C=C(CN)N(C)C(=N)c1ccncn1. The second-order valence-corrected chi connectivity index (χ2v) is 2.77. The fourth-order valence-electron chi connectivity index (χ4n) is 0.898. The summed E-state index contributed by atoms with van der Waals surface area (Å²) in [7, 11) is 1.74. The van der Waals surface area contributed by atoms with Gasteiger partial charge in [0, 0.05) is 25.5 Å². The first-order chi connectivity index (χ1) is 6.66. The van der Waals surface area contributed by atoms with Gasteiger partial charge in [0.2, 0.25) is 0 Å². The van der Waals surface area contributed by atoms with Crippen LogP contribution >= 0.6 is 0 Å². The van der Waals surface area contributed by atoms with Gasteiger partial charge in [-0.3, -0.25) is 5.41 Å². The molecular weight excluding hydrogens is 178 g/mol. The van der Waals surface area contributed by atoms with E-state index in [9.17, 15) is 0 Å². The molecule has 0 atom stereocenters. The minimum Gasteiger partial charge on any atom is -0.331 e. The van der Waals surface area contributed by atoms with Crippen LogP contribution in [0.3, 0.4) is 0 Å². The Morgan fingerprint density at radius 3 is 2.93 bits per heavy atom. The monoisotopic (exact) mass is 191 g/mol. The van der Waals surface area contributed by atoms with Crippen LogP contribution in [0.4, 0.5) is 0 Å². The average molecular weight is 191 g/mol. The quantitative estimate of drug-likeness (QED) is 0.528. The van der Waals surface area contributed by atoms with Crippen molar-refractivity contribution in [1.82, 2.24) is 14.9 Å². The normalized spacial score (nSPS) is 9.57. The molecule has 0 spiro atoms. The number of nitrogens with one attached hydrogen (secondary N) is 1. The third kappa shape index (κ3) is 2.14. The van der Waals surface area contributed by atoms with Crippen molar-refractivity contribution >= 4 is 5.84 Å². The van der Waals surface area contributed by atoms with Crippen molar-refractivity contribution in [2.75, 3.05) is 13.6 Å². The van der Waals surface area contributed by atoms with E-state index < -0.39 is 0 Å². The summed E-state index contributed by atoms with van der Waals surface area (Å²) in [6.07, 6.45) is 3.00. The summed E-state index contributed by atoms with van der Waals surface area (Å²) in [6.45, 7) is 4.06. The number of hydrogen-bond acceptors (Lipinski definition) is 4. The highest BCUT2D eigenvalue weighted by molar-refractivity contribution is 5.95. The van der Waals surface area contributed by atoms with E-state index in [1.54, 1.807) is 24.2 Å². The smallest absolute Gasteiger partial charge is 0.151 e. The Bertz CT molecular complexity index is 332. The second-order valence-electron chi connectivity index (χ2n) is 2.77. The fraction of sp³-hybridized carbons (Fsp3) is 0.222. The van der Waals surface area contributed by atoms with Gasteiger partial charge in [-0.15, -0.1) is 0 Å². The van der Waals surface area contributed by atoms with E-state index in [1.807, 2.05) is 0 Å². The van der Waals surface area contributed by atoms with Gasteiger partial charge in [0.15, 0.2) is 5.84 Å². The Morgan fingerprint density at radius 2 is 2.43 bits per heavy atom. The Balaban J connectivity index is 2.81. The number of nitrogens with zero attached hydrogens (tertiary/aromatic N) is 3. The lowest BCUT2D eigenvalue weighted by molar-refractivity contribution is 0.608. The molecule has 1 rings (SSSR count). The predicted molar refractivity (Wildman–Crippen MR) is 54.8 cm³/mol. The first-order valence-corrected chi connectivity index (χ1v) is 4.13. The molecule has 0 fully saturated rings. The number of rotatable bonds is 3. The molecule has 0 saturated carbocycles.